The van der Waals surface area contributed by atoms with Gasteiger partial charge in [0, 0.05) is 5.56 Å². The molecule has 0 aliphatic carbocycles. The Balaban J connectivity index is 1.68. The van der Waals surface area contributed by atoms with Crippen molar-refractivity contribution in [2.75, 3.05) is 6.61 Å². The summed E-state index contributed by atoms with van der Waals surface area (Å²) in [6.45, 7) is 2.80. The number of hydrogen-bond acceptors (Lipinski definition) is 4. The van der Waals surface area contributed by atoms with Gasteiger partial charge in [0.1, 0.15) is 11.3 Å². The Morgan fingerprint density at radius 2 is 1.70 bits per heavy atom. The number of aromatic nitrogens is 1. The number of Topliss-reactive ketones (excluding diaryl/α,β-unsaturated/α-hetero) is 1. The van der Waals surface area contributed by atoms with Crippen molar-refractivity contribution in [3.05, 3.63) is 95.9 Å². The van der Waals surface area contributed by atoms with Gasteiger partial charge in [0.25, 0.3) is 0 Å². The highest BCUT2D eigenvalue weighted by molar-refractivity contribution is 6.31. The highest BCUT2D eigenvalue weighted by atomic mass is 16.5. The monoisotopic (exact) mass is 397 g/mol. The molecule has 0 N–H and O–H groups in total. The second kappa shape index (κ2) is 9.23. The van der Waals surface area contributed by atoms with Crippen molar-refractivity contribution in [1.82, 2.24) is 4.98 Å². The highest BCUT2D eigenvalue weighted by Crippen LogP contribution is 2.27. The van der Waals surface area contributed by atoms with Crippen molar-refractivity contribution in [2.24, 2.45) is 0 Å². The van der Waals surface area contributed by atoms with Crippen molar-refractivity contribution >= 4 is 28.5 Å². The predicted molar refractivity (Wildman–Crippen MR) is 119 cm³/mol. The third-order valence-corrected chi connectivity index (χ3v) is 4.76. The van der Waals surface area contributed by atoms with Crippen LogP contribution in [0.3, 0.4) is 0 Å². The number of rotatable bonds is 8. The number of para-hydroxylation sites is 2. The molecule has 0 saturated carbocycles. The van der Waals surface area contributed by atoms with Gasteiger partial charge in [-0.05, 0) is 54.5 Å². The average molecular weight is 397 g/mol. The molecular weight excluding hydrogens is 374 g/mol. The third kappa shape index (κ3) is 4.49. The fourth-order valence-electron chi connectivity index (χ4n) is 3.12. The first-order valence-electron chi connectivity index (χ1n) is 10.1. The average Bonchev–Trinajstić information content (AvgIpc) is 3.22. The summed E-state index contributed by atoms with van der Waals surface area (Å²) < 4.78 is 11.6. The Hall–Kier alpha value is -3.66. The van der Waals surface area contributed by atoms with Crippen molar-refractivity contribution in [3.63, 3.8) is 0 Å². The van der Waals surface area contributed by atoms with Crippen LogP contribution in [0.15, 0.2) is 83.3 Å². The van der Waals surface area contributed by atoms with Gasteiger partial charge in [0.15, 0.2) is 11.4 Å². The Morgan fingerprint density at radius 3 is 2.43 bits per heavy atom. The topological polar surface area (TPSA) is 52.3 Å². The maximum atomic E-state index is 13.4. The Labute approximate surface area is 175 Å². The lowest BCUT2D eigenvalue weighted by atomic mass is 10.0. The van der Waals surface area contributed by atoms with Crippen LogP contribution in [0, 0.1) is 0 Å². The molecule has 0 spiro atoms. The molecule has 0 fully saturated rings. The van der Waals surface area contributed by atoms with Crippen molar-refractivity contribution in [2.45, 2.75) is 19.8 Å². The second-order valence-electron chi connectivity index (χ2n) is 7.01. The van der Waals surface area contributed by atoms with Gasteiger partial charge in [0.05, 0.1) is 12.2 Å². The first-order valence-corrected chi connectivity index (χ1v) is 10.1. The van der Waals surface area contributed by atoms with Crippen LogP contribution in [0.2, 0.25) is 0 Å². The molecule has 4 nitrogen and oxygen atoms in total. The van der Waals surface area contributed by atoms with E-state index in [0.29, 0.717) is 29.2 Å². The SMILES string of the molecule is CCCCOc1ccc(C(=O)C(=Cc2ccccc2)c2nc3ccccc3o2)cc1. The van der Waals surface area contributed by atoms with E-state index >= 15 is 0 Å². The number of hydrogen-bond donors (Lipinski definition) is 0. The van der Waals surface area contributed by atoms with Gasteiger partial charge < -0.3 is 9.15 Å². The van der Waals surface area contributed by atoms with E-state index in [2.05, 4.69) is 11.9 Å². The number of ketones is 1. The number of carbonyl (C=O) groups is 1. The summed E-state index contributed by atoms with van der Waals surface area (Å²) in [6.07, 6.45) is 3.90. The first-order chi connectivity index (χ1) is 14.7. The lowest BCUT2D eigenvalue weighted by Crippen LogP contribution is -2.04. The lowest BCUT2D eigenvalue weighted by Gasteiger charge is -2.07. The molecule has 0 saturated heterocycles. The van der Waals surface area contributed by atoms with Crippen LogP contribution >= 0.6 is 0 Å². The minimum absolute atomic E-state index is 0.148. The van der Waals surface area contributed by atoms with E-state index in [0.717, 1.165) is 29.7 Å². The number of oxazole rings is 1. The van der Waals surface area contributed by atoms with Gasteiger partial charge in [-0.15, -0.1) is 0 Å². The minimum Gasteiger partial charge on any atom is -0.494 e. The predicted octanol–water partition coefficient (Wildman–Crippen LogP) is 6.43. The Bertz CT molecular complexity index is 1120. The third-order valence-electron chi connectivity index (χ3n) is 4.76. The van der Waals surface area contributed by atoms with E-state index in [-0.39, 0.29) is 5.78 Å². The largest absolute Gasteiger partial charge is 0.494 e. The van der Waals surface area contributed by atoms with Gasteiger partial charge in [-0.2, -0.15) is 0 Å². The summed E-state index contributed by atoms with van der Waals surface area (Å²) in [7, 11) is 0. The molecule has 30 heavy (non-hydrogen) atoms. The van der Waals surface area contributed by atoms with E-state index < -0.39 is 0 Å². The van der Waals surface area contributed by atoms with E-state index in [1.807, 2.05) is 72.8 Å². The van der Waals surface area contributed by atoms with Gasteiger partial charge in [-0.25, -0.2) is 4.98 Å². The van der Waals surface area contributed by atoms with Crippen LogP contribution in [0.4, 0.5) is 0 Å². The zero-order chi connectivity index (χ0) is 20.8. The molecular formula is C26H23NO3. The molecule has 3 aromatic carbocycles. The molecule has 4 rings (SSSR count). The summed E-state index contributed by atoms with van der Waals surface area (Å²) in [4.78, 5) is 17.9. The van der Waals surface area contributed by atoms with Gasteiger partial charge >= 0.3 is 0 Å². The van der Waals surface area contributed by atoms with E-state index in [4.69, 9.17) is 9.15 Å². The number of nitrogens with zero attached hydrogens (tertiary/aromatic N) is 1. The standard InChI is InChI=1S/C26H23NO3/c1-2-3-17-29-21-15-13-20(14-16-21)25(28)22(18-19-9-5-4-6-10-19)26-27-23-11-7-8-12-24(23)30-26/h4-16,18H,2-3,17H2,1H3. The molecule has 0 unspecified atom stereocenters. The smallest absolute Gasteiger partial charge is 0.231 e. The van der Waals surface area contributed by atoms with Crippen molar-refractivity contribution in [3.8, 4) is 5.75 Å². The summed E-state index contributed by atoms with van der Waals surface area (Å²) in [5.41, 5.74) is 3.25. The summed E-state index contributed by atoms with van der Waals surface area (Å²) >= 11 is 0. The van der Waals surface area contributed by atoms with Crippen LogP contribution < -0.4 is 4.74 Å². The number of fused-ring (bicyclic) bond motifs is 1. The molecule has 0 aliphatic heterocycles. The molecule has 1 heterocycles. The molecule has 150 valence electrons. The van der Waals surface area contributed by atoms with E-state index in [1.54, 1.807) is 12.1 Å². The molecule has 0 bridgehead atoms. The molecule has 0 amide bonds. The summed E-state index contributed by atoms with van der Waals surface area (Å²) in [5.74, 6) is 0.925. The zero-order valence-corrected chi connectivity index (χ0v) is 16.9. The van der Waals surface area contributed by atoms with Crippen molar-refractivity contribution < 1.29 is 13.9 Å². The molecule has 0 atom stereocenters. The summed E-state index contributed by atoms with van der Waals surface area (Å²) in [5, 5.41) is 0. The molecule has 0 radical (unpaired) electrons. The number of ether oxygens (including phenoxy) is 1. The zero-order valence-electron chi connectivity index (χ0n) is 16.9. The quantitative estimate of drug-likeness (QED) is 0.195. The first kappa shape index (κ1) is 19.6. The van der Waals surface area contributed by atoms with Crippen LogP contribution in [0.5, 0.6) is 5.75 Å². The van der Waals surface area contributed by atoms with E-state index in [1.165, 1.54) is 0 Å². The summed E-state index contributed by atoms with van der Waals surface area (Å²) in [6, 6.07) is 24.4. The van der Waals surface area contributed by atoms with Gasteiger partial charge in [-0.3, -0.25) is 4.79 Å². The molecule has 4 aromatic rings. The number of benzene rings is 3. The van der Waals surface area contributed by atoms with E-state index in [9.17, 15) is 4.79 Å². The van der Waals surface area contributed by atoms with Crippen LogP contribution in [0.1, 0.15) is 41.6 Å². The number of carbonyl (C=O) groups excluding carboxylic acids is 1. The van der Waals surface area contributed by atoms with Gasteiger partial charge in [0.2, 0.25) is 5.89 Å². The maximum absolute atomic E-state index is 13.4. The molecule has 4 heteroatoms. The van der Waals surface area contributed by atoms with Crippen LogP contribution in [-0.2, 0) is 0 Å². The van der Waals surface area contributed by atoms with Gasteiger partial charge in [-0.1, -0.05) is 55.8 Å². The number of allylic oxidation sites excluding steroid dienone is 1. The highest BCUT2D eigenvalue weighted by Gasteiger charge is 2.20. The normalized spacial score (nSPS) is 11.6. The fourth-order valence-corrected chi connectivity index (χ4v) is 3.12. The maximum Gasteiger partial charge on any atom is 0.231 e. The Morgan fingerprint density at radius 1 is 0.967 bits per heavy atom. The number of unbranched alkanes of at least 4 members (excludes halogenated alkanes) is 1. The van der Waals surface area contributed by atoms with Crippen LogP contribution in [0.25, 0.3) is 22.7 Å². The van der Waals surface area contributed by atoms with Crippen LogP contribution in [-0.4, -0.2) is 17.4 Å². The minimum atomic E-state index is -0.148. The second-order valence-corrected chi connectivity index (χ2v) is 7.01. The van der Waals surface area contributed by atoms with Crippen molar-refractivity contribution in [1.29, 1.82) is 0 Å². The molecule has 0 aliphatic rings. The Kier molecular flexibility index (Phi) is 6.04. The lowest BCUT2D eigenvalue weighted by molar-refractivity contribution is 0.105. The molecule has 1 aromatic heterocycles. The fraction of sp³-hybridized carbons (Fsp3) is 0.154.